The first-order valence-corrected chi connectivity index (χ1v) is 8.54. The molecule has 0 unspecified atom stereocenters. The smallest absolute Gasteiger partial charge is 0.260 e. The van der Waals surface area contributed by atoms with Crippen LogP contribution in [-0.4, -0.2) is 18.6 Å². The van der Waals surface area contributed by atoms with Crippen LogP contribution in [0.1, 0.15) is 50.0 Å². The highest BCUT2D eigenvalue weighted by Crippen LogP contribution is 2.28. The molecule has 4 heteroatoms. The first-order chi connectivity index (χ1) is 11.5. The minimum Gasteiger partial charge on any atom is -0.481 e. The number of benzene rings is 1. The van der Waals surface area contributed by atoms with Gasteiger partial charge in [-0.15, -0.1) is 0 Å². The van der Waals surface area contributed by atoms with Crippen LogP contribution in [0.2, 0.25) is 0 Å². The van der Waals surface area contributed by atoms with Crippen LogP contribution < -0.4 is 10.1 Å². The molecule has 0 fully saturated rings. The van der Waals surface area contributed by atoms with Crippen LogP contribution in [0.4, 0.5) is 0 Å². The Balaban J connectivity index is 1.84. The summed E-state index contributed by atoms with van der Waals surface area (Å²) < 4.78 is 11.2. The molecule has 1 N–H and O–H groups in total. The predicted octanol–water partition coefficient (Wildman–Crippen LogP) is 4.23. The maximum atomic E-state index is 12.2. The lowest BCUT2D eigenvalue weighted by atomic mass is 10.0. The monoisotopic (exact) mass is 329 g/mol. The van der Waals surface area contributed by atoms with Crippen LogP contribution in [0.15, 0.2) is 41.0 Å². The van der Waals surface area contributed by atoms with Gasteiger partial charge in [-0.1, -0.05) is 26.0 Å². The molecule has 0 saturated heterocycles. The molecule has 0 aliphatic rings. The quantitative estimate of drug-likeness (QED) is 0.737. The van der Waals surface area contributed by atoms with Gasteiger partial charge in [0.15, 0.2) is 6.10 Å². The lowest BCUT2D eigenvalue weighted by Crippen LogP contribution is -2.37. The Morgan fingerprint density at radius 1 is 1.25 bits per heavy atom. The van der Waals surface area contributed by atoms with Crippen molar-refractivity contribution in [2.45, 2.75) is 52.6 Å². The highest BCUT2D eigenvalue weighted by molar-refractivity contribution is 5.80. The SMILES string of the molecule is Cc1ccc(C(C)C)c(O[C@H](C)C(=O)NCCCc2ccco2)c1. The molecule has 1 amide bonds. The van der Waals surface area contributed by atoms with Crippen molar-refractivity contribution in [3.63, 3.8) is 0 Å². The van der Waals surface area contributed by atoms with Crippen LogP contribution in [0.25, 0.3) is 0 Å². The number of nitrogens with one attached hydrogen (secondary N) is 1. The van der Waals surface area contributed by atoms with Crippen LogP contribution >= 0.6 is 0 Å². The second kappa shape index (κ2) is 8.57. The molecule has 2 rings (SSSR count). The molecule has 1 aromatic heterocycles. The van der Waals surface area contributed by atoms with Crippen LogP contribution in [-0.2, 0) is 11.2 Å². The molecule has 0 radical (unpaired) electrons. The third-order valence-corrected chi connectivity index (χ3v) is 3.94. The second-order valence-electron chi connectivity index (χ2n) is 6.43. The van der Waals surface area contributed by atoms with E-state index in [2.05, 4.69) is 31.3 Å². The third kappa shape index (κ3) is 5.15. The van der Waals surface area contributed by atoms with Gasteiger partial charge in [0.25, 0.3) is 5.91 Å². The molecular weight excluding hydrogens is 302 g/mol. The average molecular weight is 329 g/mol. The summed E-state index contributed by atoms with van der Waals surface area (Å²) in [6.07, 6.45) is 2.80. The number of hydrogen-bond donors (Lipinski definition) is 1. The fourth-order valence-electron chi connectivity index (χ4n) is 2.54. The van der Waals surface area contributed by atoms with Gasteiger partial charge in [-0.3, -0.25) is 4.79 Å². The van der Waals surface area contributed by atoms with Gasteiger partial charge in [0.05, 0.1) is 6.26 Å². The first-order valence-electron chi connectivity index (χ1n) is 8.54. The van der Waals surface area contributed by atoms with E-state index in [4.69, 9.17) is 9.15 Å². The van der Waals surface area contributed by atoms with Gasteiger partial charge < -0.3 is 14.5 Å². The Labute approximate surface area is 144 Å². The standard InChI is InChI=1S/C20H27NO3/c1-14(2)18-10-9-15(3)13-19(18)24-16(4)20(22)21-11-5-7-17-8-6-12-23-17/h6,8-10,12-14,16H,5,7,11H2,1-4H3,(H,21,22)/t16-/m1/s1. The number of hydrogen-bond acceptors (Lipinski definition) is 3. The molecular formula is C20H27NO3. The second-order valence-corrected chi connectivity index (χ2v) is 6.43. The van der Waals surface area contributed by atoms with Crippen molar-refractivity contribution in [2.75, 3.05) is 6.54 Å². The molecule has 1 heterocycles. The van der Waals surface area contributed by atoms with E-state index in [0.717, 1.165) is 35.5 Å². The Morgan fingerprint density at radius 3 is 2.71 bits per heavy atom. The molecule has 0 aliphatic carbocycles. The van der Waals surface area contributed by atoms with E-state index in [1.54, 1.807) is 13.2 Å². The summed E-state index contributed by atoms with van der Waals surface area (Å²) in [6.45, 7) is 8.66. The summed E-state index contributed by atoms with van der Waals surface area (Å²) in [6, 6.07) is 9.96. The maximum Gasteiger partial charge on any atom is 0.260 e. The molecule has 24 heavy (non-hydrogen) atoms. The van der Waals surface area contributed by atoms with E-state index in [-0.39, 0.29) is 5.91 Å². The molecule has 0 bridgehead atoms. The summed E-state index contributed by atoms with van der Waals surface area (Å²) in [5, 5.41) is 2.92. The Kier molecular flexibility index (Phi) is 6.47. The molecule has 2 aromatic rings. The van der Waals surface area contributed by atoms with Crippen molar-refractivity contribution >= 4 is 5.91 Å². The minimum absolute atomic E-state index is 0.0920. The van der Waals surface area contributed by atoms with E-state index < -0.39 is 6.10 Å². The first kappa shape index (κ1) is 18.1. The third-order valence-electron chi connectivity index (χ3n) is 3.94. The lowest BCUT2D eigenvalue weighted by molar-refractivity contribution is -0.127. The topological polar surface area (TPSA) is 51.5 Å². The minimum atomic E-state index is -0.520. The molecule has 4 nitrogen and oxygen atoms in total. The van der Waals surface area contributed by atoms with Crippen LogP contribution in [0.5, 0.6) is 5.75 Å². The van der Waals surface area contributed by atoms with E-state index in [1.165, 1.54) is 0 Å². The van der Waals surface area contributed by atoms with E-state index >= 15 is 0 Å². The fraction of sp³-hybridized carbons (Fsp3) is 0.450. The molecule has 130 valence electrons. The largest absolute Gasteiger partial charge is 0.481 e. The zero-order chi connectivity index (χ0) is 17.5. The number of amides is 1. The number of rotatable bonds is 8. The summed E-state index contributed by atoms with van der Waals surface area (Å²) in [5.41, 5.74) is 2.25. The number of furan rings is 1. The summed E-state index contributed by atoms with van der Waals surface area (Å²) in [4.78, 5) is 12.2. The van der Waals surface area contributed by atoms with Crippen molar-refractivity contribution in [1.82, 2.24) is 5.32 Å². The molecule has 1 atom stereocenters. The normalized spacial score (nSPS) is 12.2. The highest BCUT2D eigenvalue weighted by atomic mass is 16.5. The van der Waals surface area contributed by atoms with Gasteiger partial charge in [-0.25, -0.2) is 0 Å². The number of carbonyl (C=O) groups is 1. The molecule has 1 aromatic carbocycles. The Bertz CT molecular complexity index is 647. The van der Waals surface area contributed by atoms with Crippen molar-refractivity contribution in [3.05, 3.63) is 53.5 Å². The number of ether oxygens (including phenoxy) is 1. The van der Waals surface area contributed by atoms with Gasteiger partial charge in [-0.05, 0) is 55.5 Å². The van der Waals surface area contributed by atoms with Crippen LogP contribution in [0, 0.1) is 6.92 Å². The van der Waals surface area contributed by atoms with Gasteiger partial charge in [0.2, 0.25) is 0 Å². The highest BCUT2D eigenvalue weighted by Gasteiger charge is 2.17. The Morgan fingerprint density at radius 2 is 2.04 bits per heavy atom. The van der Waals surface area contributed by atoms with Crippen molar-refractivity contribution < 1.29 is 13.9 Å². The number of aryl methyl sites for hydroxylation is 2. The Hall–Kier alpha value is -2.23. The molecule has 0 spiro atoms. The zero-order valence-corrected chi connectivity index (χ0v) is 15.0. The predicted molar refractivity (Wildman–Crippen MR) is 95.4 cm³/mol. The average Bonchev–Trinajstić information content (AvgIpc) is 3.04. The van der Waals surface area contributed by atoms with Gasteiger partial charge in [-0.2, -0.15) is 0 Å². The van der Waals surface area contributed by atoms with Crippen LogP contribution in [0.3, 0.4) is 0 Å². The zero-order valence-electron chi connectivity index (χ0n) is 15.0. The van der Waals surface area contributed by atoms with Crippen molar-refractivity contribution in [3.8, 4) is 5.75 Å². The summed E-state index contributed by atoms with van der Waals surface area (Å²) >= 11 is 0. The van der Waals surface area contributed by atoms with Crippen molar-refractivity contribution in [1.29, 1.82) is 0 Å². The van der Waals surface area contributed by atoms with E-state index in [9.17, 15) is 4.79 Å². The van der Waals surface area contributed by atoms with Crippen molar-refractivity contribution in [2.24, 2.45) is 0 Å². The van der Waals surface area contributed by atoms with E-state index in [1.807, 2.05) is 25.1 Å². The molecule has 0 aliphatic heterocycles. The van der Waals surface area contributed by atoms with Gasteiger partial charge in [0.1, 0.15) is 11.5 Å². The van der Waals surface area contributed by atoms with Gasteiger partial charge in [0, 0.05) is 13.0 Å². The molecule has 0 saturated carbocycles. The van der Waals surface area contributed by atoms with E-state index in [0.29, 0.717) is 12.5 Å². The summed E-state index contributed by atoms with van der Waals surface area (Å²) in [7, 11) is 0. The lowest BCUT2D eigenvalue weighted by Gasteiger charge is -2.19. The van der Waals surface area contributed by atoms with Gasteiger partial charge >= 0.3 is 0 Å². The summed E-state index contributed by atoms with van der Waals surface area (Å²) in [5.74, 6) is 1.99. The number of carbonyl (C=O) groups excluding carboxylic acids is 1. The fourth-order valence-corrected chi connectivity index (χ4v) is 2.54. The maximum absolute atomic E-state index is 12.2.